The molecule has 0 aliphatic carbocycles. The average Bonchev–Trinajstić information content (AvgIpc) is 3.09. The number of nitrogens with one attached hydrogen (secondary N) is 1. The maximum atomic E-state index is 12.9. The number of ketones is 1. The number of carbonyl (C=O) groups excluding carboxylic acids is 3. The van der Waals surface area contributed by atoms with Crippen LogP contribution >= 0.6 is 11.6 Å². The van der Waals surface area contributed by atoms with Gasteiger partial charge >= 0.3 is 0 Å². The first-order valence-electron chi connectivity index (χ1n) is 15.9. The molecular weight excluding hydrogens is 612 g/mol. The smallest absolute Gasteiger partial charge is 0.225 e. The van der Waals surface area contributed by atoms with Gasteiger partial charge in [0, 0.05) is 36.1 Å². The minimum Gasteiger partial charge on any atom is -0.493 e. The zero-order valence-corrected chi connectivity index (χ0v) is 29.1. The van der Waals surface area contributed by atoms with Crippen molar-refractivity contribution in [1.29, 1.82) is 0 Å². The van der Waals surface area contributed by atoms with Crippen LogP contribution < -0.4 is 14.8 Å². The van der Waals surface area contributed by atoms with Crippen molar-refractivity contribution >= 4 is 29.2 Å². The van der Waals surface area contributed by atoms with Gasteiger partial charge in [0.25, 0.3) is 0 Å². The van der Waals surface area contributed by atoms with Crippen molar-refractivity contribution in [2.75, 3.05) is 20.2 Å². The van der Waals surface area contributed by atoms with Crippen LogP contribution in [0.25, 0.3) is 0 Å². The summed E-state index contributed by atoms with van der Waals surface area (Å²) in [5.74, 6) is 1.16. The molecule has 47 heavy (non-hydrogen) atoms. The van der Waals surface area contributed by atoms with E-state index < -0.39 is 0 Å². The van der Waals surface area contributed by atoms with Gasteiger partial charge in [0.15, 0.2) is 17.3 Å². The molecule has 0 radical (unpaired) electrons. The Morgan fingerprint density at radius 2 is 1.38 bits per heavy atom. The van der Waals surface area contributed by atoms with Crippen molar-refractivity contribution in [3.05, 3.63) is 130 Å². The second-order valence-electron chi connectivity index (χ2n) is 10.7. The Labute approximate surface area is 284 Å². The van der Waals surface area contributed by atoms with Crippen molar-refractivity contribution in [2.45, 2.75) is 54.2 Å². The molecule has 250 valence electrons. The molecule has 4 aromatic rings. The van der Waals surface area contributed by atoms with E-state index in [2.05, 4.69) is 5.32 Å². The summed E-state index contributed by atoms with van der Waals surface area (Å²) in [6.45, 7) is 11.0. The van der Waals surface area contributed by atoms with Crippen molar-refractivity contribution in [3.63, 3.8) is 0 Å². The molecule has 1 N–H and O–H groups in total. The van der Waals surface area contributed by atoms with Gasteiger partial charge in [0.1, 0.15) is 6.61 Å². The van der Waals surface area contributed by atoms with Crippen LogP contribution in [0.15, 0.2) is 103 Å². The lowest BCUT2D eigenvalue weighted by atomic mass is 10.1. The van der Waals surface area contributed by atoms with Gasteiger partial charge in [-0.1, -0.05) is 106 Å². The lowest BCUT2D eigenvalue weighted by Crippen LogP contribution is -2.40. The van der Waals surface area contributed by atoms with Crippen molar-refractivity contribution < 1.29 is 23.9 Å². The van der Waals surface area contributed by atoms with E-state index in [0.29, 0.717) is 54.7 Å². The predicted molar refractivity (Wildman–Crippen MR) is 190 cm³/mol. The minimum atomic E-state index is -0.148. The first-order chi connectivity index (χ1) is 22.7. The molecule has 0 aromatic heterocycles. The van der Waals surface area contributed by atoms with E-state index in [1.165, 1.54) is 6.92 Å². The number of Topliss-reactive ketones (excluding diaryl/α,β-unsaturated/α-hetero) is 1. The zero-order valence-electron chi connectivity index (χ0n) is 28.3. The topological polar surface area (TPSA) is 84.9 Å². The van der Waals surface area contributed by atoms with Crippen LogP contribution in [0.2, 0.25) is 5.02 Å². The molecule has 0 atom stereocenters. The number of amides is 2. The Bertz CT molecular complexity index is 1510. The summed E-state index contributed by atoms with van der Waals surface area (Å²) in [6.07, 6.45) is 0.320. The van der Waals surface area contributed by atoms with E-state index in [9.17, 15) is 14.4 Å². The number of hydrogen-bond acceptors (Lipinski definition) is 5. The molecule has 0 saturated heterocycles. The van der Waals surface area contributed by atoms with Gasteiger partial charge in [0.2, 0.25) is 11.8 Å². The van der Waals surface area contributed by atoms with Crippen molar-refractivity contribution in [2.24, 2.45) is 5.92 Å². The third kappa shape index (κ3) is 14.1. The highest BCUT2D eigenvalue weighted by atomic mass is 35.5. The van der Waals surface area contributed by atoms with E-state index in [1.54, 1.807) is 36.3 Å². The molecular formula is C39H47ClN2O5. The van der Waals surface area contributed by atoms with Gasteiger partial charge in [0.05, 0.1) is 13.5 Å². The SMILES string of the molecule is CC.CC(=O)c1ccc(Cl)cc1.COc1cc(CN(CCNC(=O)Cc2ccccc2)C(=O)C(C)C)ccc1OCc1ccccc1. The number of carbonyl (C=O) groups is 3. The fraction of sp³-hybridized carbons (Fsp3) is 0.308. The second kappa shape index (κ2) is 21.2. The molecule has 0 heterocycles. The quantitative estimate of drug-likeness (QED) is 0.146. The third-order valence-electron chi connectivity index (χ3n) is 6.81. The second-order valence-corrected chi connectivity index (χ2v) is 11.2. The molecule has 4 rings (SSSR count). The van der Waals surface area contributed by atoms with E-state index in [0.717, 1.165) is 16.7 Å². The average molecular weight is 659 g/mol. The monoisotopic (exact) mass is 658 g/mol. The standard InChI is InChI=1S/C29H34N2O4.C8H7ClO.C2H6/c1-22(2)29(33)31(17-16-30-28(32)19-23-10-6-4-7-11-23)20-25-14-15-26(27(18-25)34-3)35-21-24-12-8-5-9-13-24;1-6(10)7-2-4-8(9)5-3-7;1-2/h4-15,18,22H,16-17,19-21H2,1-3H3,(H,30,32);2-5H,1H3;1-2H3. The number of rotatable bonds is 13. The fourth-order valence-corrected chi connectivity index (χ4v) is 4.50. The lowest BCUT2D eigenvalue weighted by molar-refractivity contribution is -0.135. The van der Waals surface area contributed by atoms with Crippen LogP contribution in [0, 0.1) is 5.92 Å². The van der Waals surface area contributed by atoms with E-state index >= 15 is 0 Å². The number of ether oxygens (including phenoxy) is 2. The molecule has 8 heteroatoms. The van der Waals surface area contributed by atoms with Crippen LogP contribution in [0.1, 0.15) is 61.7 Å². The molecule has 0 spiro atoms. The lowest BCUT2D eigenvalue weighted by Gasteiger charge is -2.25. The van der Waals surface area contributed by atoms with Crippen LogP contribution in [-0.2, 0) is 29.2 Å². The van der Waals surface area contributed by atoms with Gasteiger partial charge in [-0.2, -0.15) is 0 Å². The molecule has 0 bridgehead atoms. The summed E-state index contributed by atoms with van der Waals surface area (Å²) in [5, 5.41) is 3.59. The number of hydrogen-bond donors (Lipinski definition) is 1. The fourth-order valence-electron chi connectivity index (χ4n) is 4.38. The molecule has 7 nitrogen and oxygen atoms in total. The maximum Gasteiger partial charge on any atom is 0.225 e. The predicted octanol–water partition coefficient (Wildman–Crippen LogP) is 8.19. The van der Waals surface area contributed by atoms with Crippen LogP contribution in [0.4, 0.5) is 0 Å². The number of halogens is 1. The molecule has 0 fully saturated rings. The van der Waals surface area contributed by atoms with Crippen molar-refractivity contribution in [3.8, 4) is 11.5 Å². The number of benzene rings is 4. The normalized spacial score (nSPS) is 10.0. The van der Waals surface area contributed by atoms with Crippen molar-refractivity contribution in [1.82, 2.24) is 10.2 Å². The molecule has 0 unspecified atom stereocenters. The summed E-state index contributed by atoms with van der Waals surface area (Å²) < 4.78 is 11.5. The van der Waals surface area contributed by atoms with Gasteiger partial charge in [-0.05, 0) is 60.0 Å². The third-order valence-corrected chi connectivity index (χ3v) is 7.06. The van der Waals surface area contributed by atoms with Crippen LogP contribution in [-0.4, -0.2) is 42.7 Å². The molecule has 0 saturated carbocycles. The van der Waals surface area contributed by atoms with Gasteiger partial charge in [-0.25, -0.2) is 0 Å². The molecule has 2 amide bonds. The highest BCUT2D eigenvalue weighted by molar-refractivity contribution is 6.30. The molecule has 0 aliphatic rings. The zero-order chi connectivity index (χ0) is 34.6. The summed E-state index contributed by atoms with van der Waals surface area (Å²) >= 11 is 5.61. The van der Waals surface area contributed by atoms with Crippen LogP contribution in [0.5, 0.6) is 11.5 Å². The highest BCUT2D eigenvalue weighted by Gasteiger charge is 2.18. The highest BCUT2D eigenvalue weighted by Crippen LogP contribution is 2.29. The Hall–Kier alpha value is -4.62. The first kappa shape index (κ1) is 38.6. The summed E-state index contributed by atoms with van der Waals surface area (Å²) in [5.41, 5.74) is 3.66. The van der Waals surface area contributed by atoms with E-state index in [-0.39, 0.29) is 23.5 Å². The van der Waals surface area contributed by atoms with E-state index in [1.807, 2.05) is 107 Å². The van der Waals surface area contributed by atoms with E-state index in [4.69, 9.17) is 21.1 Å². The maximum absolute atomic E-state index is 12.9. The van der Waals surface area contributed by atoms with Gasteiger partial charge in [-0.15, -0.1) is 0 Å². The number of methoxy groups -OCH3 is 1. The summed E-state index contributed by atoms with van der Waals surface area (Å²) in [4.78, 5) is 37.6. The number of nitrogens with zero attached hydrogens (tertiary/aromatic N) is 1. The van der Waals surface area contributed by atoms with Crippen LogP contribution in [0.3, 0.4) is 0 Å². The molecule has 4 aromatic carbocycles. The summed E-state index contributed by atoms with van der Waals surface area (Å²) in [7, 11) is 1.60. The Kier molecular flexibility index (Phi) is 17.4. The largest absolute Gasteiger partial charge is 0.493 e. The molecule has 0 aliphatic heterocycles. The minimum absolute atomic E-state index is 0.0330. The Morgan fingerprint density at radius 3 is 1.94 bits per heavy atom. The Balaban J connectivity index is 0.000000540. The van der Waals surface area contributed by atoms with Gasteiger partial charge in [-0.3, -0.25) is 14.4 Å². The first-order valence-corrected chi connectivity index (χ1v) is 16.2. The summed E-state index contributed by atoms with van der Waals surface area (Å²) in [6, 6.07) is 32.1. The van der Waals surface area contributed by atoms with Gasteiger partial charge < -0.3 is 19.7 Å². The Morgan fingerprint density at radius 1 is 0.787 bits per heavy atom.